The number of ether oxygens (including phenoxy) is 1. The van der Waals surface area contributed by atoms with Crippen LogP contribution in [0.2, 0.25) is 0 Å². The first-order valence-electron chi connectivity index (χ1n) is 10.0. The quantitative estimate of drug-likeness (QED) is 0.199. The highest BCUT2D eigenvalue weighted by molar-refractivity contribution is 7.80. The van der Waals surface area contributed by atoms with Crippen molar-refractivity contribution in [2.24, 2.45) is 17.3 Å². The fourth-order valence-electron chi connectivity index (χ4n) is 2.82. The zero-order valence-corrected chi connectivity index (χ0v) is 20.9. The van der Waals surface area contributed by atoms with Gasteiger partial charge in [0.15, 0.2) is 0 Å². The fourth-order valence-corrected chi connectivity index (χ4v) is 3.57. The van der Waals surface area contributed by atoms with Gasteiger partial charge in [-0.25, -0.2) is 13.0 Å². The van der Waals surface area contributed by atoms with Crippen molar-refractivity contribution < 1.29 is 26.5 Å². The predicted octanol–water partition coefficient (Wildman–Crippen LogP) is 4.42. The molecule has 0 N–H and O–H groups in total. The summed E-state index contributed by atoms with van der Waals surface area (Å²) in [6.07, 6.45) is 1.90. The molecule has 0 fully saturated rings. The summed E-state index contributed by atoms with van der Waals surface area (Å²) in [7, 11) is -0.0103. The first-order valence-corrected chi connectivity index (χ1v) is 12.2. The second kappa shape index (κ2) is 12.4. The van der Waals surface area contributed by atoms with Crippen LogP contribution in [-0.2, 0) is 28.2 Å². The topological polar surface area (TPSA) is 108 Å². The van der Waals surface area contributed by atoms with E-state index in [1.165, 1.54) is 22.6 Å². The Labute approximate surface area is 198 Å². The summed E-state index contributed by atoms with van der Waals surface area (Å²) >= 11 is 1.47. The summed E-state index contributed by atoms with van der Waals surface area (Å²) in [6.45, 7) is 6.09. The van der Waals surface area contributed by atoms with Crippen LogP contribution in [0.4, 0.5) is 16.5 Å². The fraction of sp³-hybridized carbons (Fsp3) is 0.318. The molecule has 0 saturated carbocycles. The SMILES string of the molecule is CCN(Cc1ccccc1)c1ccc(N=Nc2sc(OC)c[n+]2C)c(C)c1.COS(=O)(=O)[O-]. The van der Waals surface area contributed by atoms with E-state index in [1.54, 1.807) is 7.11 Å². The number of azo groups is 1. The molecule has 1 heterocycles. The third-order valence-electron chi connectivity index (χ3n) is 4.58. The van der Waals surface area contributed by atoms with Crippen LogP contribution < -0.4 is 14.2 Å². The lowest BCUT2D eigenvalue weighted by Gasteiger charge is -2.23. The maximum atomic E-state index is 9.22. The van der Waals surface area contributed by atoms with Crippen LogP contribution >= 0.6 is 11.3 Å². The summed E-state index contributed by atoms with van der Waals surface area (Å²) in [5.74, 6) is 0. The summed E-state index contributed by atoms with van der Waals surface area (Å²) < 4.78 is 38.2. The van der Waals surface area contributed by atoms with E-state index < -0.39 is 10.4 Å². The molecule has 3 aromatic rings. The Morgan fingerprint density at radius 2 is 1.79 bits per heavy atom. The van der Waals surface area contributed by atoms with E-state index in [-0.39, 0.29) is 0 Å². The molecule has 0 amide bonds. The molecule has 3 rings (SSSR count). The summed E-state index contributed by atoms with van der Waals surface area (Å²) in [4.78, 5) is 2.35. The number of hydrogen-bond donors (Lipinski definition) is 0. The van der Waals surface area contributed by atoms with Crippen LogP contribution in [0.1, 0.15) is 18.1 Å². The lowest BCUT2D eigenvalue weighted by atomic mass is 10.1. The number of rotatable bonds is 8. The van der Waals surface area contributed by atoms with Gasteiger partial charge in [-0.1, -0.05) is 30.3 Å². The minimum atomic E-state index is -4.41. The number of thiazole rings is 1. The van der Waals surface area contributed by atoms with Gasteiger partial charge < -0.3 is 14.2 Å². The van der Waals surface area contributed by atoms with E-state index in [9.17, 15) is 13.0 Å². The van der Waals surface area contributed by atoms with Gasteiger partial charge in [0.1, 0.15) is 11.9 Å². The lowest BCUT2D eigenvalue weighted by Crippen LogP contribution is -2.23. The number of nitrogens with zero attached hydrogens (tertiary/aromatic N) is 4. The maximum absolute atomic E-state index is 9.22. The monoisotopic (exact) mass is 492 g/mol. The molecular weight excluding hydrogens is 464 g/mol. The molecule has 0 aliphatic rings. The second-order valence-corrected chi connectivity index (χ2v) is 9.01. The Morgan fingerprint density at radius 1 is 1.12 bits per heavy atom. The number of aryl methyl sites for hydroxylation is 2. The van der Waals surface area contributed by atoms with E-state index in [0.717, 1.165) is 41.6 Å². The van der Waals surface area contributed by atoms with Gasteiger partial charge in [0.25, 0.3) is 0 Å². The first-order chi connectivity index (χ1) is 15.7. The zero-order chi connectivity index (χ0) is 24.4. The molecule has 0 aliphatic carbocycles. The van der Waals surface area contributed by atoms with E-state index in [2.05, 4.69) is 69.6 Å². The Morgan fingerprint density at radius 3 is 2.30 bits per heavy atom. The lowest BCUT2D eigenvalue weighted by molar-refractivity contribution is -0.654. The Hall–Kier alpha value is -2.86. The Kier molecular flexibility index (Phi) is 9.92. The van der Waals surface area contributed by atoms with Crippen molar-refractivity contribution in [3.05, 3.63) is 65.9 Å². The molecule has 1 aromatic heterocycles. The molecule has 0 bridgehead atoms. The summed E-state index contributed by atoms with van der Waals surface area (Å²) in [6, 6.07) is 16.9. The van der Waals surface area contributed by atoms with Gasteiger partial charge in [-0.15, -0.1) is 0 Å². The van der Waals surface area contributed by atoms with Crippen molar-refractivity contribution in [1.82, 2.24) is 0 Å². The zero-order valence-electron chi connectivity index (χ0n) is 19.3. The van der Waals surface area contributed by atoms with Crippen molar-refractivity contribution in [3.8, 4) is 5.06 Å². The summed E-state index contributed by atoms with van der Waals surface area (Å²) in [5.41, 5.74) is 4.48. The second-order valence-electron chi connectivity index (χ2n) is 6.89. The average molecular weight is 493 g/mol. The van der Waals surface area contributed by atoms with Gasteiger partial charge in [0, 0.05) is 18.8 Å². The molecular formula is C22H28N4O5S2. The van der Waals surface area contributed by atoms with Gasteiger partial charge in [-0.3, -0.25) is 4.18 Å². The largest absolute Gasteiger partial charge is 0.726 e. The highest BCUT2D eigenvalue weighted by Crippen LogP contribution is 2.30. The van der Waals surface area contributed by atoms with E-state index in [4.69, 9.17) is 4.74 Å². The van der Waals surface area contributed by atoms with Gasteiger partial charge >= 0.3 is 5.13 Å². The van der Waals surface area contributed by atoms with Crippen LogP contribution in [0.15, 0.2) is 65.0 Å². The molecule has 33 heavy (non-hydrogen) atoms. The van der Waals surface area contributed by atoms with Crippen molar-refractivity contribution in [2.75, 3.05) is 25.7 Å². The number of benzene rings is 2. The molecule has 0 saturated heterocycles. The highest BCUT2D eigenvalue weighted by atomic mass is 32.3. The maximum Gasteiger partial charge on any atom is 0.411 e. The third-order valence-corrected chi connectivity index (χ3v) is 6.02. The average Bonchev–Trinajstić information content (AvgIpc) is 3.17. The Balaban J connectivity index is 0.000000569. The number of aromatic nitrogens is 1. The smallest absolute Gasteiger partial charge is 0.411 e. The van der Waals surface area contributed by atoms with Gasteiger partial charge in [0.2, 0.25) is 15.5 Å². The van der Waals surface area contributed by atoms with Crippen LogP contribution in [0.25, 0.3) is 0 Å². The van der Waals surface area contributed by atoms with Crippen molar-refractivity contribution in [2.45, 2.75) is 20.4 Å². The normalized spacial score (nSPS) is 11.2. The first kappa shape index (κ1) is 26.4. The molecule has 0 spiro atoms. The van der Waals surface area contributed by atoms with Crippen molar-refractivity contribution >= 4 is 38.2 Å². The van der Waals surface area contributed by atoms with E-state index in [0.29, 0.717) is 0 Å². The van der Waals surface area contributed by atoms with Crippen LogP contribution in [0, 0.1) is 6.92 Å². The van der Waals surface area contributed by atoms with Crippen LogP contribution in [0.5, 0.6) is 5.06 Å². The van der Waals surface area contributed by atoms with Gasteiger partial charge in [-0.2, -0.15) is 0 Å². The summed E-state index contributed by atoms with van der Waals surface area (Å²) in [5, 5.41) is 10.4. The minimum Gasteiger partial charge on any atom is -0.726 e. The number of methoxy groups -OCH3 is 1. The molecule has 9 nitrogen and oxygen atoms in total. The van der Waals surface area contributed by atoms with E-state index in [1.807, 2.05) is 29.9 Å². The van der Waals surface area contributed by atoms with E-state index >= 15 is 0 Å². The standard InChI is InChI=1S/C21H25N4OS.CH4O4S/c1-5-25(14-17-9-7-6-8-10-17)18-11-12-19(16(2)13-18)22-23-21-24(3)15-20(26-4)27-21;1-5-6(2,3)4/h6-13,15H,5,14H2,1-4H3;1H3,(H,2,3,4)/q+1;/p-1. The molecule has 178 valence electrons. The molecule has 0 aliphatic heterocycles. The Bertz CT molecular complexity index is 1160. The van der Waals surface area contributed by atoms with Crippen molar-refractivity contribution in [3.63, 3.8) is 0 Å². The molecule has 2 aromatic carbocycles. The third kappa shape index (κ3) is 8.54. The number of hydrogen-bond acceptors (Lipinski definition) is 9. The molecule has 0 atom stereocenters. The van der Waals surface area contributed by atoms with Crippen LogP contribution in [0.3, 0.4) is 0 Å². The van der Waals surface area contributed by atoms with Crippen LogP contribution in [-0.4, -0.2) is 33.7 Å². The predicted molar refractivity (Wildman–Crippen MR) is 127 cm³/mol. The minimum absolute atomic E-state index is 0.801. The molecule has 11 heteroatoms. The van der Waals surface area contributed by atoms with Gasteiger partial charge in [0.05, 0.1) is 26.4 Å². The van der Waals surface area contributed by atoms with Crippen molar-refractivity contribution in [1.29, 1.82) is 0 Å². The van der Waals surface area contributed by atoms with Gasteiger partial charge in [-0.05, 0) is 59.6 Å². The molecule has 0 unspecified atom stereocenters. The number of anilines is 1. The highest BCUT2D eigenvalue weighted by Gasteiger charge is 2.14. The molecule has 0 radical (unpaired) electrons.